The monoisotopic (exact) mass is 505 g/mol. The summed E-state index contributed by atoms with van der Waals surface area (Å²) in [6.07, 6.45) is 4.13. The zero-order valence-electron chi connectivity index (χ0n) is 19.6. The van der Waals surface area contributed by atoms with Gasteiger partial charge in [-0.1, -0.05) is 18.2 Å². The first-order valence-electron chi connectivity index (χ1n) is 11.2. The molecule has 0 radical (unpaired) electrons. The van der Waals surface area contributed by atoms with Crippen molar-refractivity contribution < 1.29 is 23.4 Å². The second kappa shape index (κ2) is 10.5. The number of anilines is 2. The van der Waals surface area contributed by atoms with Gasteiger partial charge in [0, 0.05) is 36.4 Å². The summed E-state index contributed by atoms with van der Waals surface area (Å²) in [7, 11) is 1.51. The van der Waals surface area contributed by atoms with E-state index in [0.717, 1.165) is 12.1 Å². The smallest absolute Gasteiger partial charge is 0.183 e. The molecule has 0 amide bonds. The normalized spacial score (nSPS) is 11.1. The molecule has 0 aliphatic rings. The van der Waals surface area contributed by atoms with Crippen LogP contribution >= 0.6 is 0 Å². The van der Waals surface area contributed by atoms with Gasteiger partial charge in [-0.3, -0.25) is 4.68 Å². The molecular weight excluding hydrogens is 484 g/mol. The molecule has 5 aromatic rings. The molecule has 0 unspecified atom stereocenters. The van der Waals surface area contributed by atoms with Crippen molar-refractivity contribution in [1.82, 2.24) is 29.7 Å². The molecule has 10 nitrogen and oxygen atoms in total. The van der Waals surface area contributed by atoms with Crippen LogP contribution < -0.4 is 10.1 Å². The Labute approximate surface area is 209 Å². The number of benzene rings is 2. The van der Waals surface area contributed by atoms with E-state index in [0.29, 0.717) is 29.0 Å². The van der Waals surface area contributed by atoms with Gasteiger partial charge in [0.2, 0.25) is 0 Å². The lowest BCUT2D eigenvalue weighted by Gasteiger charge is -2.10. The number of nitrogens with zero attached hydrogens (tertiary/aromatic N) is 6. The van der Waals surface area contributed by atoms with E-state index in [1.54, 1.807) is 30.5 Å². The third kappa shape index (κ3) is 5.14. The number of methoxy groups -OCH3 is 1. The lowest BCUT2D eigenvalue weighted by atomic mass is 10.1. The average Bonchev–Trinajstić information content (AvgIpc) is 3.27. The fraction of sp³-hybridized carbons (Fsp3) is 0.160. The quantitative estimate of drug-likeness (QED) is 0.286. The van der Waals surface area contributed by atoms with Gasteiger partial charge in [0.25, 0.3) is 0 Å². The number of aromatic hydroxyl groups is 1. The number of hydrogen-bond acceptors (Lipinski definition) is 9. The van der Waals surface area contributed by atoms with Gasteiger partial charge >= 0.3 is 0 Å². The van der Waals surface area contributed by atoms with E-state index in [1.165, 1.54) is 24.3 Å². The predicted octanol–water partition coefficient (Wildman–Crippen LogP) is 4.08. The highest BCUT2D eigenvalue weighted by atomic mass is 19.1. The summed E-state index contributed by atoms with van der Waals surface area (Å²) in [6, 6.07) is 11.1. The van der Waals surface area contributed by atoms with Crippen LogP contribution in [0.5, 0.6) is 11.5 Å². The minimum absolute atomic E-state index is 0.0722. The van der Waals surface area contributed by atoms with Gasteiger partial charge in [-0.2, -0.15) is 5.10 Å². The van der Waals surface area contributed by atoms with Gasteiger partial charge in [0.05, 0.1) is 24.9 Å². The van der Waals surface area contributed by atoms with Crippen LogP contribution in [-0.4, -0.2) is 55.1 Å². The summed E-state index contributed by atoms with van der Waals surface area (Å²) >= 11 is 0. The number of aromatic nitrogens is 6. The summed E-state index contributed by atoms with van der Waals surface area (Å²) in [4.78, 5) is 16.5. The van der Waals surface area contributed by atoms with Crippen LogP contribution in [0.25, 0.3) is 22.4 Å². The maximum atomic E-state index is 14.9. The second-order valence-corrected chi connectivity index (χ2v) is 7.88. The van der Waals surface area contributed by atoms with Crippen molar-refractivity contribution in [3.8, 4) is 23.0 Å². The summed E-state index contributed by atoms with van der Waals surface area (Å²) in [5, 5.41) is 18.4. The fourth-order valence-corrected chi connectivity index (χ4v) is 3.69. The van der Waals surface area contributed by atoms with Crippen molar-refractivity contribution in [2.24, 2.45) is 0 Å². The molecule has 188 valence electrons. The van der Waals surface area contributed by atoms with Gasteiger partial charge in [-0.25, -0.2) is 28.7 Å². The fourth-order valence-electron chi connectivity index (χ4n) is 3.69. The highest BCUT2D eigenvalue weighted by molar-refractivity contribution is 5.92. The molecule has 2 N–H and O–H groups in total. The number of para-hydroxylation sites is 1. The Hall–Kier alpha value is -4.71. The van der Waals surface area contributed by atoms with Crippen LogP contribution in [0.1, 0.15) is 5.56 Å². The van der Waals surface area contributed by atoms with Crippen molar-refractivity contribution in [1.29, 1.82) is 0 Å². The van der Waals surface area contributed by atoms with Crippen molar-refractivity contribution >= 4 is 22.5 Å². The molecule has 0 aliphatic carbocycles. The molecule has 0 spiro atoms. The highest BCUT2D eigenvalue weighted by Crippen LogP contribution is 2.31. The minimum atomic E-state index is -0.759. The maximum Gasteiger partial charge on any atom is 0.183 e. The number of rotatable bonds is 9. The van der Waals surface area contributed by atoms with Gasteiger partial charge in [0.1, 0.15) is 41.8 Å². The Balaban J connectivity index is 1.50. The van der Waals surface area contributed by atoms with Crippen molar-refractivity contribution in [2.45, 2.75) is 6.54 Å². The third-order valence-electron chi connectivity index (χ3n) is 5.45. The number of hydrogen-bond donors (Lipinski definition) is 2. The minimum Gasteiger partial charge on any atom is -0.503 e. The van der Waals surface area contributed by atoms with E-state index in [-0.39, 0.29) is 41.9 Å². The number of fused-ring (bicyclic) bond motifs is 1. The number of halogens is 2. The largest absolute Gasteiger partial charge is 0.503 e. The van der Waals surface area contributed by atoms with Crippen molar-refractivity contribution in [2.75, 3.05) is 25.6 Å². The Kier molecular flexibility index (Phi) is 6.81. The molecule has 3 aromatic heterocycles. The Morgan fingerprint density at radius 3 is 2.62 bits per heavy atom. The first kappa shape index (κ1) is 24.0. The average molecular weight is 505 g/mol. The molecule has 0 saturated carbocycles. The highest BCUT2D eigenvalue weighted by Gasteiger charge is 2.19. The topological polar surface area (TPSA) is 120 Å². The van der Waals surface area contributed by atoms with Crippen molar-refractivity contribution in [3.63, 3.8) is 0 Å². The number of ether oxygens (including phenoxy) is 2. The molecular formula is C25H21F2N7O3. The molecule has 0 bridgehead atoms. The van der Waals surface area contributed by atoms with Crippen molar-refractivity contribution in [3.05, 3.63) is 78.4 Å². The van der Waals surface area contributed by atoms with E-state index in [2.05, 4.69) is 30.4 Å². The lowest BCUT2D eigenvalue weighted by Crippen LogP contribution is -2.09. The molecule has 0 fully saturated rings. The molecule has 5 rings (SSSR count). The first-order valence-corrected chi connectivity index (χ1v) is 11.2. The summed E-state index contributed by atoms with van der Waals surface area (Å²) < 4.78 is 41.5. The SMILES string of the molecule is COCCOc1cc(F)c(Cn2nc(-c3ncc(O)c(Nc4ccncn4)n3)c3ccccc32)c(F)c1. The summed E-state index contributed by atoms with van der Waals surface area (Å²) in [6.45, 7) is 0.284. The van der Waals surface area contributed by atoms with Crippen LogP contribution in [0.2, 0.25) is 0 Å². The molecule has 12 heteroatoms. The van der Waals surface area contributed by atoms with Gasteiger partial charge in [-0.05, 0) is 12.1 Å². The number of nitrogens with one attached hydrogen (secondary N) is 1. The first-order chi connectivity index (χ1) is 18.0. The van der Waals surface area contributed by atoms with Crippen LogP contribution in [0.4, 0.5) is 20.4 Å². The van der Waals surface area contributed by atoms with E-state index < -0.39 is 11.6 Å². The van der Waals surface area contributed by atoms with Gasteiger partial charge < -0.3 is 19.9 Å². The van der Waals surface area contributed by atoms with Gasteiger partial charge in [-0.15, -0.1) is 0 Å². The lowest BCUT2D eigenvalue weighted by molar-refractivity contribution is 0.146. The van der Waals surface area contributed by atoms with E-state index in [1.807, 2.05) is 6.07 Å². The zero-order valence-corrected chi connectivity index (χ0v) is 19.6. The van der Waals surface area contributed by atoms with Gasteiger partial charge in [0.15, 0.2) is 17.4 Å². The zero-order chi connectivity index (χ0) is 25.8. The molecule has 0 atom stereocenters. The summed E-state index contributed by atoms with van der Waals surface area (Å²) in [5.41, 5.74) is 0.831. The maximum absolute atomic E-state index is 14.9. The standard InChI is InChI=1S/C25H21F2N7O3/c1-36-8-9-37-15-10-18(26)17(19(27)11-15)13-34-20-5-3-2-4-16(20)23(33-34)25-29-12-21(35)24(32-25)31-22-6-7-28-14-30-22/h2-7,10-12,14,35H,8-9,13H2,1H3,(H,28,29,30,31,32). The molecule has 0 aliphatic heterocycles. The van der Waals surface area contributed by atoms with E-state index >= 15 is 0 Å². The van der Waals surface area contributed by atoms with E-state index in [4.69, 9.17) is 9.47 Å². The molecule has 2 aromatic carbocycles. The molecule has 37 heavy (non-hydrogen) atoms. The second-order valence-electron chi connectivity index (χ2n) is 7.88. The third-order valence-corrected chi connectivity index (χ3v) is 5.45. The van der Waals surface area contributed by atoms with Crippen LogP contribution in [0, 0.1) is 11.6 Å². The molecule has 3 heterocycles. The molecule has 0 saturated heterocycles. The summed E-state index contributed by atoms with van der Waals surface area (Å²) in [5.74, 6) is -0.899. The van der Waals surface area contributed by atoms with Crippen LogP contribution in [0.15, 0.2) is 61.2 Å². The Bertz CT molecular complexity index is 1520. The van der Waals surface area contributed by atoms with E-state index in [9.17, 15) is 13.9 Å². The Morgan fingerprint density at radius 1 is 1.05 bits per heavy atom. The predicted molar refractivity (Wildman–Crippen MR) is 131 cm³/mol. The van der Waals surface area contributed by atoms with Crippen LogP contribution in [0.3, 0.4) is 0 Å². The Morgan fingerprint density at radius 2 is 1.86 bits per heavy atom. The van der Waals surface area contributed by atoms with Crippen LogP contribution in [-0.2, 0) is 11.3 Å².